The van der Waals surface area contributed by atoms with Crippen molar-refractivity contribution in [1.82, 2.24) is 5.32 Å². The normalized spacial score (nSPS) is 12.9. The number of carbonyl (C=O) groups is 3. The fourth-order valence-corrected chi connectivity index (χ4v) is 2.80. The summed E-state index contributed by atoms with van der Waals surface area (Å²) in [5.74, 6) is -11.0. The highest BCUT2D eigenvalue weighted by Gasteiger charge is 2.45. The summed E-state index contributed by atoms with van der Waals surface area (Å²) in [4.78, 5) is 35.8. The first-order chi connectivity index (χ1) is 15.4. The van der Waals surface area contributed by atoms with Gasteiger partial charge >= 0.3 is 5.97 Å². The minimum atomic E-state index is -3.02. The Kier molecular flexibility index (Phi) is 7.69. The van der Waals surface area contributed by atoms with Crippen molar-refractivity contribution in [3.63, 3.8) is 0 Å². The van der Waals surface area contributed by atoms with Gasteiger partial charge < -0.3 is 21.6 Å². The molecule has 2 rings (SSSR count). The summed E-state index contributed by atoms with van der Waals surface area (Å²) in [7, 11) is 0. The Bertz CT molecular complexity index is 1100. The molecule has 0 aliphatic rings. The molecule has 0 saturated heterocycles. The molecule has 0 aliphatic carbocycles. The lowest BCUT2D eigenvalue weighted by Crippen LogP contribution is -2.51. The second kappa shape index (κ2) is 10.1. The maximum Gasteiger partial charge on any atom is 0.334 e. The van der Waals surface area contributed by atoms with Gasteiger partial charge in [0.15, 0.2) is 28.8 Å². The quantitative estimate of drug-likeness (QED) is 0.117. The maximum absolute atomic E-state index is 14.1. The standard InChI is InChI=1S/C20H17F5N4O4/c1-20(19(32)33,13-14(21)16(23)18(25)17(24)15(13)22)29-12(31)7-6-11(30)28-10-4-2-9(3-5-10)8-27-26/h2-5,8H,6-7,26H2,1H3,(H,28,30)(H,29,31)(H,32,33). The Labute approximate surface area is 183 Å². The summed E-state index contributed by atoms with van der Waals surface area (Å²) in [5, 5.41) is 16.9. The molecular weight excluding hydrogens is 455 g/mol. The van der Waals surface area contributed by atoms with E-state index in [1.807, 2.05) is 0 Å². The van der Waals surface area contributed by atoms with Gasteiger partial charge in [-0.15, -0.1) is 0 Å². The van der Waals surface area contributed by atoms with Gasteiger partial charge in [-0.1, -0.05) is 12.1 Å². The predicted molar refractivity (Wildman–Crippen MR) is 105 cm³/mol. The van der Waals surface area contributed by atoms with Crippen LogP contribution in [-0.4, -0.2) is 29.1 Å². The van der Waals surface area contributed by atoms with Gasteiger partial charge in [-0.25, -0.2) is 26.7 Å². The molecule has 0 spiro atoms. The SMILES string of the molecule is CC(NC(=O)CCC(=O)Nc1ccc(C=NN)cc1)(C(=O)O)c1c(F)c(F)c(F)c(F)c1F. The number of halogens is 5. The summed E-state index contributed by atoms with van der Waals surface area (Å²) < 4.78 is 68.6. The van der Waals surface area contributed by atoms with Crippen LogP contribution in [0.15, 0.2) is 29.4 Å². The highest BCUT2D eigenvalue weighted by molar-refractivity contribution is 5.94. The highest BCUT2D eigenvalue weighted by atomic mass is 19.2. The number of hydrogen-bond donors (Lipinski definition) is 4. The number of carboxylic acid groups (broad SMARTS) is 1. The largest absolute Gasteiger partial charge is 0.479 e. The van der Waals surface area contributed by atoms with Gasteiger partial charge in [0.25, 0.3) is 0 Å². The molecule has 2 aromatic rings. The number of carbonyl (C=O) groups excluding carboxylic acids is 2. The van der Waals surface area contributed by atoms with Crippen LogP contribution in [0.5, 0.6) is 0 Å². The Morgan fingerprint density at radius 2 is 1.42 bits per heavy atom. The van der Waals surface area contributed by atoms with Gasteiger partial charge in [0.2, 0.25) is 17.6 Å². The lowest BCUT2D eigenvalue weighted by Gasteiger charge is -2.28. The van der Waals surface area contributed by atoms with Gasteiger partial charge in [-0.3, -0.25) is 9.59 Å². The molecule has 0 radical (unpaired) electrons. The van der Waals surface area contributed by atoms with Crippen molar-refractivity contribution in [3.8, 4) is 0 Å². The summed E-state index contributed by atoms with van der Waals surface area (Å²) in [5.41, 5.74) is -3.76. The van der Waals surface area contributed by atoms with E-state index < -0.39 is 70.8 Å². The molecule has 2 amide bonds. The third kappa shape index (κ3) is 5.42. The number of rotatable bonds is 8. The van der Waals surface area contributed by atoms with Crippen LogP contribution in [-0.2, 0) is 19.9 Å². The van der Waals surface area contributed by atoms with Crippen LogP contribution in [0.2, 0.25) is 0 Å². The molecule has 8 nitrogen and oxygen atoms in total. The highest BCUT2D eigenvalue weighted by Crippen LogP contribution is 2.32. The second-order valence-electron chi connectivity index (χ2n) is 6.87. The van der Waals surface area contributed by atoms with Gasteiger partial charge in [0, 0.05) is 18.5 Å². The van der Waals surface area contributed by atoms with Crippen molar-refractivity contribution in [2.24, 2.45) is 10.9 Å². The molecule has 5 N–H and O–H groups in total. The zero-order chi connectivity index (χ0) is 24.9. The average Bonchev–Trinajstić information content (AvgIpc) is 2.76. The first-order valence-electron chi connectivity index (χ1n) is 9.11. The number of nitrogens with zero attached hydrogens (tertiary/aromatic N) is 1. The van der Waals surface area contributed by atoms with E-state index in [4.69, 9.17) is 5.84 Å². The van der Waals surface area contributed by atoms with Crippen LogP contribution < -0.4 is 16.5 Å². The lowest BCUT2D eigenvalue weighted by molar-refractivity contribution is -0.147. The smallest absolute Gasteiger partial charge is 0.334 e. The van der Waals surface area contributed by atoms with Crippen molar-refractivity contribution in [3.05, 3.63) is 64.5 Å². The monoisotopic (exact) mass is 472 g/mol. The lowest BCUT2D eigenvalue weighted by atomic mass is 9.90. The zero-order valence-electron chi connectivity index (χ0n) is 16.9. The van der Waals surface area contributed by atoms with E-state index in [0.717, 1.165) is 0 Å². The topological polar surface area (TPSA) is 134 Å². The fraction of sp³-hybridized carbons (Fsp3) is 0.200. The molecule has 2 aromatic carbocycles. The van der Waals surface area contributed by atoms with Crippen molar-refractivity contribution >= 4 is 29.7 Å². The molecule has 0 bridgehead atoms. The molecule has 0 saturated carbocycles. The number of carboxylic acids is 1. The summed E-state index contributed by atoms with van der Waals surface area (Å²) in [6.45, 7) is 0.553. The first-order valence-corrected chi connectivity index (χ1v) is 9.11. The average molecular weight is 472 g/mol. The first kappa shape index (κ1) is 25.2. The molecule has 13 heteroatoms. The van der Waals surface area contributed by atoms with Crippen LogP contribution >= 0.6 is 0 Å². The molecule has 176 valence electrons. The van der Waals surface area contributed by atoms with E-state index in [-0.39, 0.29) is 0 Å². The number of nitrogens with two attached hydrogens (primary N) is 1. The van der Waals surface area contributed by atoms with Gasteiger partial charge in [0.1, 0.15) is 0 Å². The molecule has 0 fully saturated rings. The van der Waals surface area contributed by atoms with Crippen LogP contribution in [0.3, 0.4) is 0 Å². The van der Waals surface area contributed by atoms with E-state index in [1.54, 1.807) is 17.4 Å². The number of anilines is 1. The third-order valence-corrected chi connectivity index (χ3v) is 4.52. The number of aliphatic carboxylic acids is 1. The van der Waals surface area contributed by atoms with Crippen LogP contribution in [0, 0.1) is 29.1 Å². The summed E-state index contributed by atoms with van der Waals surface area (Å²) in [6, 6.07) is 6.20. The Morgan fingerprint density at radius 3 is 1.91 bits per heavy atom. The van der Waals surface area contributed by atoms with E-state index >= 15 is 0 Å². The van der Waals surface area contributed by atoms with Crippen molar-refractivity contribution in [1.29, 1.82) is 0 Å². The van der Waals surface area contributed by atoms with Gasteiger partial charge in [-0.05, 0) is 24.6 Å². The van der Waals surface area contributed by atoms with E-state index in [9.17, 15) is 41.4 Å². The maximum atomic E-state index is 14.1. The molecule has 1 atom stereocenters. The Morgan fingerprint density at radius 1 is 0.939 bits per heavy atom. The number of hydrazone groups is 1. The molecular formula is C20H17F5N4O4. The van der Waals surface area contributed by atoms with Crippen LogP contribution in [0.1, 0.15) is 30.9 Å². The van der Waals surface area contributed by atoms with Crippen LogP contribution in [0.25, 0.3) is 0 Å². The van der Waals surface area contributed by atoms with Crippen LogP contribution in [0.4, 0.5) is 27.6 Å². The molecule has 0 aliphatic heterocycles. The van der Waals surface area contributed by atoms with Crippen molar-refractivity contribution in [2.75, 3.05) is 5.32 Å². The predicted octanol–water partition coefficient (Wildman–Crippen LogP) is 2.51. The summed E-state index contributed by atoms with van der Waals surface area (Å²) in [6.07, 6.45) is 0.229. The number of amides is 2. The summed E-state index contributed by atoms with van der Waals surface area (Å²) >= 11 is 0. The third-order valence-electron chi connectivity index (χ3n) is 4.52. The molecule has 33 heavy (non-hydrogen) atoms. The molecule has 0 heterocycles. The number of nitrogens with one attached hydrogen (secondary N) is 2. The van der Waals surface area contributed by atoms with Crippen molar-refractivity contribution < 1.29 is 41.4 Å². The minimum Gasteiger partial charge on any atom is -0.479 e. The Hall–Kier alpha value is -4.03. The number of benzene rings is 2. The van der Waals surface area contributed by atoms with E-state index in [1.165, 1.54) is 18.3 Å². The Balaban J connectivity index is 2.14. The van der Waals surface area contributed by atoms with E-state index in [2.05, 4.69) is 10.4 Å². The van der Waals surface area contributed by atoms with Gasteiger partial charge in [0.05, 0.1) is 11.8 Å². The zero-order valence-corrected chi connectivity index (χ0v) is 16.9. The van der Waals surface area contributed by atoms with Gasteiger partial charge in [-0.2, -0.15) is 5.10 Å². The molecule has 1 unspecified atom stereocenters. The molecule has 0 aromatic heterocycles. The second-order valence-corrected chi connectivity index (χ2v) is 6.87. The van der Waals surface area contributed by atoms with Crippen molar-refractivity contribution in [2.45, 2.75) is 25.3 Å². The number of hydrogen-bond acceptors (Lipinski definition) is 5. The van der Waals surface area contributed by atoms with E-state index in [0.29, 0.717) is 18.2 Å². The minimum absolute atomic E-state index is 0.353. The fourth-order valence-electron chi connectivity index (χ4n) is 2.80.